The minimum atomic E-state index is -0.397. The number of aldehydes is 1. The van der Waals surface area contributed by atoms with E-state index in [1.165, 1.54) is 0 Å². The first-order valence-electron chi connectivity index (χ1n) is 3.95. The Bertz CT molecular complexity index is 266. The molecule has 0 saturated heterocycles. The van der Waals surface area contributed by atoms with Crippen molar-refractivity contribution in [1.29, 1.82) is 0 Å². The van der Waals surface area contributed by atoms with Crippen LogP contribution in [-0.2, 0) is 6.42 Å². The molecular formula is C10H12O2. The van der Waals surface area contributed by atoms with Gasteiger partial charge in [0, 0.05) is 5.56 Å². The largest absolute Gasteiger partial charge is 0.393 e. The Morgan fingerprint density at radius 1 is 1.50 bits per heavy atom. The molecule has 2 nitrogen and oxygen atoms in total. The lowest BCUT2D eigenvalue weighted by atomic mass is 10.0. The van der Waals surface area contributed by atoms with Crippen molar-refractivity contribution in [3.8, 4) is 0 Å². The first kappa shape index (κ1) is 8.94. The molecule has 0 aromatic heterocycles. The van der Waals surface area contributed by atoms with E-state index >= 15 is 0 Å². The van der Waals surface area contributed by atoms with E-state index in [0.29, 0.717) is 12.0 Å². The lowest BCUT2D eigenvalue weighted by molar-refractivity contribution is 0.112. The summed E-state index contributed by atoms with van der Waals surface area (Å²) in [5.74, 6) is 0. The van der Waals surface area contributed by atoms with Crippen molar-refractivity contribution in [2.45, 2.75) is 19.4 Å². The molecule has 0 amide bonds. The van der Waals surface area contributed by atoms with Crippen molar-refractivity contribution in [3.05, 3.63) is 35.4 Å². The number of hydrogen-bond acceptors (Lipinski definition) is 2. The summed E-state index contributed by atoms with van der Waals surface area (Å²) in [5.41, 5.74) is 1.57. The summed E-state index contributed by atoms with van der Waals surface area (Å²) >= 11 is 0. The highest BCUT2D eigenvalue weighted by Gasteiger charge is 2.02. The van der Waals surface area contributed by atoms with Crippen LogP contribution in [0.3, 0.4) is 0 Å². The highest BCUT2D eigenvalue weighted by atomic mass is 16.3. The molecule has 1 unspecified atom stereocenters. The smallest absolute Gasteiger partial charge is 0.150 e. The Morgan fingerprint density at radius 2 is 2.17 bits per heavy atom. The number of carbonyl (C=O) groups excluding carboxylic acids is 1. The number of aliphatic hydroxyl groups is 1. The van der Waals surface area contributed by atoms with Crippen LogP contribution in [0.25, 0.3) is 0 Å². The average molecular weight is 164 g/mol. The van der Waals surface area contributed by atoms with Gasteiger partial charge in [0.25, 0.3) is 0 Å². The van der Waals surface area contributed by atoms with Crippen molar-refractivity contribution in [1.82, 2.24) is 0 Å². The summed E-state index contributed by atoms with van der Waals surface area (Å²) in [6, 6.07) is 7.29. The molecule has 1 N–H and O–H groups in total. The molecule has 0 heterocycles. The molecule has 0 fully saturated rings. The molecule has 0 spiro atoms. The minimum absolute atomic E-state index is 0.397. The van der Waals surface area contributed by atoms with Crippen LogP contribution in [-0.4, -0.2) is 17.5 Å². The monoisotopic (exact) mass is 164 g/mol. The molecule has 1 aromatic carbocycles. The summed E-state index contributed by atoms with van der Waals surface area (Å²) in [6.45, 7) is 1.71. The second kappa shape index (κ2) is 4.02. The maximum atomic E-state index is 10.5. The minimum Gasteiger partial charge on any atom is -0.393 e. The summed E-state index contributed by atoms with van der Waals surface area (Å²) in [5, 5.41) is 9.11. The van der Waals surface area contributed by atoms with Gasteiger partial charge in [-0.25, -0.2) is 0 Å². The van der Waals surface area contributed by atoms with E-state index in [-0.39, 0.29) is 0 Å². The first-order chi connectivity index (χ1) is 5.74. The Labute approximate surface area is 71.8 Å². The van der Waals surface area contributed by atoms with Gasteiger partial charge in [0.05, 0.1) is 6.10 Å². The Hall–Kier alpha value is -1.15. The Balaban J connectivity index is 2.89. The third kappa shape index (κ3) is 2.17. The van der Waals surface area contributed by atoms with Gasteiger partial charge in [0.15, 0.2) is 0 Å². The van der Waals surface area contributed by atoms with Crippen LogP contribution >= 0.6 is 0 Å². The average Bonchev–Trinajstić information content (AvgIpc) is 2.04. The number of aliphatic hydroxyl groups excluding tert-OH is 1. The molecule has 0 aliphatic carbocycles. The second-order valence-corrected chi connectivity index (χ2v) is 2.87. The zero-order chi connectivity index (χ0) is 8.97. The number of carbonyl (C=O) groups is 1. The van der Waals surface area contributed by atoms with Crippen molar-refractivity contribution >= 4 is 6.29 Å². The molecule has 2 heteroatoms. The molecule has 0 saturated carbocycles. The number of rotatable bonds is 3. The molecule has 1 aromatic rings. The topological polar surface area (TPSA) is 37.3 Å². The third-order valence-corrected chi connectivity index (χ3v) is 1.70. The van der Waals surface area contributed by atoms with Crippen LogP contribution in [0, 0.1) is 0 Å². The standard InChI is InChI=1S/C10H12O2/c1-8(12)6-9-4-2-3-5-10(9)7-11/h2-5,7-8,12H,6H2,1H3. The second-order valence-electron chi connectivity index (χ2n) is 2.87. The van der Waals surface area contributed by atoms with E-state index in [0.717, 1.165) is 11.8 Å². The summed E-state index contributed by atoms with van der Waals surface area (Å²) in [6.07, 6.45) is 0.957. The van der Waals surface area contributed by atoms with E-state index in [9.17, 15) is 4.79 Å². The Kier molecular flexibility index (Phi) is 3.00. The van der Waals surface area contributed by atoms with Gasteiger partial charge < -0.3 is 5.11 Å². The van der Waals surface area contributed by atoms with Crippen LogP contribution in [0.4, 0.5) is 0 Å². The van der Waals surface area contributed by atoms with E-state index < -0.39 is 6.10 Å². The number of benzene rings is 1. The molecule has 0 radical (unpaired) electrons. The van der Waals surface area contributed by atoms with Crippen LogP contribution < -0.4 is 0 Å². The highest BCUT2D eigenvalue weighted by molar-refractivity contribution is 5.77. The first-order valence-corrected chi connectivity index (χ1v) is 3.95. The molecule has 0 aliphatic rings. The quantitative estimate of drug-likeness (QED) is 0.686. The summed E-state index contributed by atoms with van der Waals surface area (Å²) < 4.78 is 0. The fraction of sp³-hybridized carbons (Fsp3) is 0.300. The summed E-state index contributed by atoms with van der Waals surface area (Å²) in [7, 11) is 0. The SMILES string of the molecule is CC(O)Cc1ccccc1C=O. The van der Waals surface area contributed by atoms with Crippen LogP contribution in [0.15, 0.2) is 24.3 Å². The normalized spacial score (nSPS) is 12.5. The van der Waals surface area contributed by atoms with Gasteiger partial charge in [-0.15, -0.1) is 0 Å². The van der Waals surface area contributed by atoms with E-state index in [2.05, 4.69) is 0 Å². The van der Waals surface area contributed by atoms with Crippen molar-refractivity contribution in [2.24, 2.45) is 0 Å². The van der Waals surface area contributed by atoms with E-state index in [1.54, 1.807) is 13.0 Å². The van der Waals surface area contributed by atoms with Crippen molar-refractivity contribution in [2.75, 3.05) is 0 Å². The van der Waals surface area contributed by atoms with Crippen LogP contribution in [0.5, 0.6) is 0 Å². The molecule has 0 aliphatic heterocycles. The molecule has 1 atom stereocenters. The van der Waals surface area contributed by atoms with Crippen molar-refractivity contribution in [3.63, 3.8) is 0 Å². The zero-order valence-electron chi connectivity index (χ0n) is 7.03. The predicted molar refractivity (Wildman–Crippen MR) is 47.2 cm³/mol. The van der Waals surface area contributed by atoms with Gasteiger partial charge in [-0.3, -0.25) is 4.79 Å². The third-order valence-electron chi connectivity index (χ3n) is 1.70. The zero-order valence-corrected chi connectivity index (χ0v) is 7.03. The van der Waals surface area contributed by atoms with Gasteiger partial charge in [-0.1, -0.05) is 24.3 Å². The van der Waals surface area contributed by atoms with Crippen LogP contribution in [0.1, 0.15) is 22.8 Å². The molecule has 64 valence electrons. The van der Waals surface area contributed by atoms with Crippen LogP contribution in [0.2, 0.25) is 0 Å². The van der Waals surface area contributed by atoms with Crippen molar-refractivity contribution < 1.29 is 9.90 Å². The van der Waals surface area contributed by atoms with E-state index in [4.69, 9.17) is 5.11 Å². The van der Waals surface area contributed by atoms with E-state index in [1.807, 2.05) is 18.2 Å². The van der Waals surface area contributed by atoms with Gasteiger partial charge in [-0.2, -0.15) is 0 Å². The maximum Gasteiger partial charge on any atom is 0.150 e. The number of hydrogen-bond donors (Lipinski definition) is 1. The molecule has 0 bridgehead atoms. The maximum absolute atomic E-state index is 10.5. The highest BCUT2D eigenvalue weighted by Crippen LogP contribution is 2.08. The van der Waals surface area contributed by atoms with Gasteiger partial charge in [-0.05, 0) is 18.9 Å². The molecule has 1 rings (SSSR count). The predicted octanol–water partition coefficient (Wildman–Crippen LogP) is 1.42. The van der Waals surface area contributed by atoms with Gasteiger partial charge in [0.1, 0.15) is 6.29 Å². The molecular weight excluding hydrogens is 152 g/mol. The lowest BCUT2D eigenvalue weighted by Gasteiger charge is -2.05. The Morgan fingerprint density at radius 3 is 2.75 bits per heavy atom. The van der Waals surface area contributed by atoms with Gasteiger partial charge >= 0.3 is 0 Å². The lowest BCUT2D eigenvalue weighted by Crippen LogP contribution is -2.06. The summed E-state index contributed by atoms with van der Waals surface area (Å²) in [4.78, 5) is 10.5. The fourth-order valence-corrected chi connectivity index (χ4v) is 1.15. The van der Waals surface area contributed by atoms with Gasteiger partial charge in [0.2, 0.25) is 0 Å². The molecule has 12 heavy (non-hydrogen) atoms. The fourth-order valence-electron chi connectivity index (χ4n) is 1.15.